The van der Waals surface area contributed by atoms with Gasteiger partial charge < -0.3 is 15.8 Å². The molecule has 1 aromatic rings. The fourth-order valence-electron chi connectivity index (χ4n) is 1.11. The van der Waals surface area contributed by atoms with E-state index in [9.17, 15) is 4.79 Å². The summed E-state index contributed by atoms with van der Waals surface area (Å²) in [5, 5.41) is 2.81. The summed E-state index contributed by atoms with van der Waals surface area (Å²) in [6.45, 7) is 3.85. The maximum absolute atomic E-state index is 11.5. The minimum absolute atomic E-state index is 0.0563. The van der Waals surface area contributed by atoms with Crippen LogP contribution in [0.1, 0.15) is 19.5 Å². The molecule has 1 atom stereocenters. The van der Waals surface area contributed by atoms with Crippen LogP contribution in [0, 0.1) is 5.92 Å². The number of ether oxygens (including phenoxy) is 1. The Hall–Kier alpha value is -1.69. The van der Waals surface area contributed by atoms with Gasteiger partial charge in [-0.3, -0.25) is 4.79 Å². The standard InChI is InChI=1S/C11H18N4O2/c1-7(2)9(12)10(16)17-6-8-4-5-14-11(13-3)15-8/h4-5,7,9H,6,12H2,1-3H3,(H,13,14,15)/t9-/m0/s1. The van der Waals surface area contributed by atoms with E-state index >= 15 is 0 Å². The lowest BCUT2D eigenvalue weighted by Crippen LogP contribution is -2.36. The quantitative estimate of drug-likeness (QED) is 0.728. The van der Waals surface area contributed by atoms with Crippen LogP contribution in [-0.4, -0.2) is 29.0 Å². The summed E-state index contributed by atoms with van der Waals surface area (Å²) in [7, 11) is 1.72. The molecule has 6 heteroatoms. The zero-order valence-electron chi connectivity index (χ0n) is 10.3. The highest BCUT2D eigenvalue weighted by Gasteiger charge is 2.18. The highest BCUT2D eigenvalue weighted by molar-refractivity contribution is 5.75. The van der Waals surface area contributed by atoms with Gasteiger partial charge in [0.25, 0.3) is 0 Å². The molecule has 0 aliphatic carbocycles. The van der Waals surface area contributed by atoms with Crippen molar-refractivity contribution in [2.45, 2.75) is 26.5 Å². The van der Waals surface area contributed by atoms with E-state index in [0.29, 0.717) is 11.6 Å². The van der Waals surface area contributed by atoms with Gasteiger partial charge in [-0.05, 0) is 12.0 Å². The molecular formula is C11H18N4O2. The van der Waals surface area contributed by atoms with Crippen LogP contribution in [0.15, 0.2) is 12.3 Å². The molecule has 0 saturated carbocycles. The highest BCUT2D eigenvalue weighted by atomic mass is 16.5. The third-order valence-electron chi connectivity index (χ3n) is 2.29. The van der Waals surface area contributed by atoms with Crippen molar-refractivity contribution in [2.75, 3.05) is 12.4 Å². The summed E-state index contributed by atoms with van der Waals surface area (Å²) >= 11 is 0. The third kappa shape index (κ3) is 3.99. The van der Waals surface area contributed by atoms with Crippen molar-refractivity contribution >= 4 is 11.9 Å². The van der Waals surface area contributed by atoms with Crippen molar-refractivity contribution in [3.63, 3.8) is 0 Å². The van der Waals surface area contributed by atoms with Crippen molar-refractivity contribution in [1.29, 1.82) is 0 Å². The first-order valence-electron chi connectivity index (χ1n) is 5.46. The molecule has 17 heavy (non-hydrogen) atoms. The average Bonchev–Trinajstić information content (AvgIpc) is 2.35. The molecule has 0 spiro atoms. The second kappa shape index (κ2) is 6.15. The van der Waals surface area contributed by atoms with Gasteiger partial charge in [-0.15, -0.1) is 0 Å². The van der Waals surface area contributed by atoms with Gasteiger partial charge in [-0.25, -0.2) is 9.97 Å². The topological polar surface area (TPSA) is 90.1 Å². The lowest BCUT2D eigenvalue weighted by molar-refractivity contribution is -0.147. The molecule has 0 unspecified atom stereocenters. The Balaban J connectivity index is 2.52. The molecule has 6 nitrogen and oxygen atoms in total. The van der Waals surface area contributed by atoms with Crippen LogP contribution >= 0.6 is 0 Å². The number of anilines is 1. The zero-order valence-corrected chi connectivity index (χ0v) is 10.3. The van der Waals surface area contributed by atoms with E-state index in [0.717, 1.165) is 0 Å². The number of nitrogens with two attached hydrogens (primary N) is 1. The molecule has 3 N–H and O–H groups in total. The summed E-state index contributed by atoms with van der Waals surface area (Å²) < 4.78 is 5.07. The van der Waals surface area contributed by atoms with Crippen LogP contribution in [0.2, 0.25) is 0 Å². The van der Waals surface area contributed by atoms with Crippen molar-refractivity contribution in [3.05, 3.63) is 18.0 Å². The zero-order chi connectivity index (χ0) is 12.8. The van der Waals surface area contributed by atoms with Crippen LogP contribution in [0.3, 0.4) is 0 Å². The minimum atomic E-state index is -0.597. The number of carbonyl (C=O) groups is 1. The molecule has 1 aromatic heterocycles. The third-order valence-corrected chi connectivity index (χ3v) is 2.29. The predicted octanol–water partition coefficient (Wildman–Crippen LogP) is 0.545. The molecule has 0 aromatic carbocycles. The molecule has 94 valence electrons. The lowest BCUT2D eigenvalue weighted by atomic mass is 10.1. The number of nitrogens with one attached hydrogen (secondary N) is 1. The fourth-order valence-corrected chi connectivity index (χ4v) is 1.11. The highest BCUT2D eigenvalue weighted by Crippen LogP contribution is 2.05. The maximum Gasteiger partial charge on any atom is 0.323 e. The predicted molar refractivity (Wildman–Crippen MR) is 64.2 cm³/mol. The fraction of sp³-hybridized carbons (Fsp3) is 0.545. The largest absolute Gasteiger partial charge is 0.458 e. The van der Waals surface area contributed by atoms with E-state index in [2.05, 4.69) is 15.3 Å². The molecule has 0 aliphatic heterocycles. The first kappa shape index (κ1) is 13.4. The van der Waals surface area contributed by atoms with Gasteiger partial charge in [0.15, 0.2) is 0 Å². The first-order valence-corrected chi connectivity index (χ1v) is 5.46. The maximum atomic E-state index is 11.5. The summed E-state index contributed by atoms with van der Waals surface area (Å²) in [6.07, 6.45) is 1.60. The van der Waals surface area contributed by atoms with E-state index < -0.39 is 12.0 Å². The van der Waals surface area contributed by atoms with E-state index in [4.69, 9.17) is 10.5 Å². The average molecular weight is 238 g/mol. The number of hydrogen-bond donors (Lipinski definition) is 2. The second-order valence-electron chi connectivity index (χ2n) is 4.00. The van der Waals surface area contributed by atoms with Gasteiger partial charge in [0.1, 0.15) is 12.6 Å². The normalized spacial score (nSPS) is 12.3. The van der Waals surface area contributed by atoms with Crippen molar-refractivity contribution < 1.29 is 9.53 Å². The number of rotatable bonds is 5. The first-order chi connectivity index (χ1) is 8.04. The van der Waals surface area contributed by atoms with Crippen LogP contribution < -0.4 is 11.1 Å². The van der Waals surface area contributed by atoms with Crippen molar-refractivity contribution in [2.24, 2.45) is 11.7 Å². The second-order valence-corrected chi connectivity index (χ2v) is 4.00. The Morgan fingerprint density at radius 3 is 2.88 bits per heavy atom. The van der Waals surface area contributed by atoms with Crippen LogP contribution in [0.4, 0.5) is 5.95 Å². The van der Waals surface area contributed by atoms with Gasteiger partial charge in [-0.1, -0.05) is 13.8 Å². The summed E-state index contributed by atoms with van der Waals surface area (Å²) in [5.74, 6) is 0.136. The van der Waals surface area contributed by atoms with Crippen molar-refractivity contribution in [3.8, 4) is 0 Å². The number of nitrogens with zero attached hydrogens (tertiary/aromatic N) is 2. The number of carbonyl (C=O) groups excluding carboxylic acids is 1. The SMILES string of the molecule is CNc1nccc(COC(=O)[C@@H](N)C(C)C)n1. The van der Waals surface area contributed by atoms with E-state index in [-0.39, 0.29) is 12.5 Å². The molecule has 0 bridgehead atoms. The van der Waals surface area contributed by atoms with E-state index in [1.807, 2.05) is 13.8 Å². The molecule has 0 fully saturated rings. The smallest absolute Gasteiger partial charge is 0.323 e. The number of aromatic nitrogens is 2. The molecule has 0 aliphatic rings. The molecule has 0 amide bonds. The van der Waals surface area contributed by atoms with Crippen LogP contribution in [-0.2, 0) is 16.1 Å². The Morgan fingerprint density at radius 1 is 1.59 bits per heavy atom. The molecule has 0 radical (unpaired) electrons. The number of esters is 1. The van der Waals surface area contributed by atoms with Gasteiger partial charge in [0.05, 0.1) is 5.69 Å². The lowest BCUT2D eigenvalue weighted by Gasteiger charge is -2.14. The van der Waals surface area contributed by atoms with Crippen LogP contribution in [0.25, 0.3) is 0 Å². The summed E-state index contributed by atoms with van der Waals surface area (Å²) in [5.41, 5.74) is 6.29. The monoisotopic (exact) mass is 238 g/mol. The van der Waals surface area contributed by atoms with Crippen molar-refractivity contribution in [1.82, 2.24) is 9.97 Å². The Bertz CT molecular complexity index is 381. The molecular weight excluding hydrogens is 220 g/mol. The van der Waals surface area contributed by atoms with Gasteiger partial charge in [0.2, 0.25) is 5.95 Å². The van der Waals surface area contributed by atoms with Gasteiger partial charge in [0, 0.05) is 13.2 Å². The molecule has 1 heterocycles. The Labute approximate surface area is 101 Å². The Kier molecular flexibility index (Phi) is 4.84. The van der Waals surface area contributed by atoms with Gasteiger partial charge in [-0.2, -0.15) is 0 Å². The molecule has 0 saturated heterocycles. The Morgan fingerprint density at radius 2 is 2.29 bits per heavy atom. The van der Waals surface area contributed by atoms with Gasteiger partial charge >= 0.3 is 5.97 Å². The summed E-state index contributed by atoms with van der Waals surface area (Å²) in [6, 6.07) is 1.09. The van der Waals surface area contributed by atoms with E-state index in [1.54, 1.807) is 19.3 Å². The number of hydrogen-bond acceptors (Lipinski definition) is 6. The summed E-state index contributed by atoms with van der Waals surface area (Å²) in [4.78, 5) is 19.6. The van der Waals surface area contributed by atoms with E-state index in [1.165, 1.54) is 0 Å². The van der Waals surface area contributed by atoms with Crippen LogP contribution in [0.5, 0.6) is 0 Å². The molecule has 1 rings (SSSR count). The minimum Gasteiger partial charge on any atom is -0.458 e.